The number of ether oxygens (including phenoxy) is 2. The topological polar surface area (TPSA) is 137 Å². The Morgan fingerprint density at radius 1 is 1.03 bits per heavy atom. The van der Waals surface area contributed by atoms with E-state index in [1.807, 2.05) is 0 Å². The number of urea groups is 1. The highest BCUT2D eigenvalue weighted by molar-refractivity contribution is 7.91. The normalized spacial score (nSPS) is 16.6. The van der Waals surface area contributed by atoms with E-state index in [2.05, 4.69) is 5.32 Å². The van der Waals surface area contributed by atoms with Gasteiger partial charge in [-0.05, 0) is 49.2 Å². The van der Waals surface area contributed by atoms with Crippen LogP contribution in [0.5, 0.6) is 5.75 Å². The molecule has 13 heteroatoms. The number of amides is 3. The number of nitrogens with two attached hydrogens (primary N) is 1. The molecule has 1 heterocycles. The smallest absolute Gasteiger partial charge is 0.463 e. The number of hydrogen-bond acceptors (Lipinski definition) is 6. The number of halogens is 3. The molecule has 3 rings (SSSR count). The van der Waals surface area contributed by atoms with Crippen molar-refractivity contribution in [1.29, 1.82) is 0 Å². The van der Waals surface area contributed by atoms with Crippen LogP contribution in [-0.2, 0) is 19.4 Å². The van der Waals surface area contributed by atoms with E-state index >= 15 is 0 Å². The Kier molecular flexibility index (Phi) is 7.12. The first-order valence-electron chi connectivity index (χ1n) is 9.69. The number of carbonyl (C=O) groups is 2. The highest BCUT2D eigenvalue weighted by atomic mass is 32.2. The molecule has 1 fully saturated rings. The molecule has 1 atom stereocenters. The quantitative estimate of drug-likeness (QED) is 0.571. The summed E-state index contributed by atoms with van der Waals surface area (Å²) in [6.45, 7) is 0.442. The molecule has 1 unspecified atom stereocenters. The van der Waals surface area contributed by atoms with E-state index in [-0.39, 0.29) is 26.9 Å². The molecular weight excluding hydrogens is 467 g/mol. The van der Waals surface area contributed by atoms with Gasteiger partial charge in [0.2, 0.25) is 9.84 Å². The summed E-state index contributed by atoms with van der Waals surface area (Å²) in [4.78, 5) is 21.7. The maximum absolute atomic E-state index is 13.2. The zero-order valence-corrected chi connectivity index (χ0v) is 17.8. The summed E-state index contributed by atoms with van der Waals surface area (Å²) >= 11 is 0. The van der Waals surface area contributed by atoms with Gasteiger partial charge in [0, 0.05) is 23.9 Å². The molecule has 0 saturated carbocycles. The molecule has 1 aliphatic heterocycles. The van der Waals surface area contributed by atoms with Gasteiger partial charge in [-0.3, -0.25) is 4.79 Å². The molecule has 0 bridgehead atoms. The molecule has 33 heavy (non-hydrogen) atoms. The third-order valence-electron chi connectivity index (χ3n) is 4.58. The second-order valence-electron chi connectivity index (χ2n) is 7.04. The van der Waals surface area contributed by atoms with Crippen molar-refractivity contribution >= 4 is 33.2 Å². The Labute approximate surface area is 187 Å². The molecule has 0 spiro atoms. The number of hydrogen-bond donors (Lipinski definition) is 3. The fraction of sp³-hybridized carbons (Fsp3) is 0.300. The van der Waals surface area contributed by atoms with Crippen LogP contribution in [0.4, 0.5) is 29.3 Å². The van der Waals surface area contributed by atoms with Crippen LogP contribution in [-0.4, -0.2) is 39.4 Å². The van der Waals surface area contributed by atoms with Gasteiger partial charge >= 0.3 is 18.1 Å². The number of alkyl halides is 3. The zero-order chi connectivity index (χ0) is 24.2. The minimum absolute atomic E-state index is 0.0948. The molecule has 2 aromatic rings. The highest BCUT2D eigenvalue weighted by Crippen LogP contribution is 2.34. The van der Waals surface area contributed by atoms with Crippen molar-refractivity contribution in [3.63, 3.8) is 0 Å². The monoisotopic (exact) mass is 487 g/mol. The van der Waals surface area contributed by atoms with Gasteiger partial charge in [0.15, 0.2) is 6.29 Å². The third kappa shape index (κ3) is 6.14. The summed E-state index contributed by atoms with van der Waals surface area (Å²) in [6.07, 6.45) is -3.60. The molecule has 1 saturated heterocycles. The van der Waals surface area contributed by atoms with Crippen molar-refractivity contribution in [3.05, 3.63) is 42.5 Å². The van der Waals surface area contributed by atoms with Gasteiger partial charge in [0.05, 0.1) is 11.5 Å². The first-order chi connectivity index (χ1) is 15.5. The van der Waals surface area contributed by atoms with E-state index in [1.54, 1.807) is 5.32 Å². The summed E-state index contributed by atoms with van der Waals surface area (Å²) in [5.74, 6) is -2.28. The number of rotatable bonds is 6. The average molecular weight is 487 g/mol. The van der Waals surface area contributed by atoms with Crippen LogP contribution < -0.4 is 21.1 Å². The number of sulfone groups is 1. The maximum Gasteiger partial charge on any atom is 0.471 e. The van der Waals surface area contributed by atoms with Crippen LogP contribution in [0.15, 0.2) is 52.3 Å². The lowest BCUT2D eigenvalue weighted by Gasteiger charge is -2.25. The molecule has 178 valence electrons. The maximum atomic E-state index is 13.2. The van der Waals surface area contributed by atoms with Gasteiger partial charge in [0.25, 0.3) is 0 Å². The predicted molar refractivity (Wildman–Crippen MR) is 110 cm³/mol. The number of benzene rings is 2. The molecule has 3 amide bonds. The van der Waals surface area contributed by atoms with Gasteiger partial charge in [-0.15, -0.1) is 0 Å². The Balaban J connectivity index is 1.92. The summed E-state index contributed by atoms with van der Waals surface area (Å²) in [5.41, 5.74) is 5.08. The SMILES string of the molecule is NC(=O)Nc1ccc(S(=O)(=O)c2ccc(NC(=O)C(F)(F)F)cc2)c(OC2CCCCO2)c1. The van der Waals surface area contributed by atoms with Crippen LogP contribution in [0.25, 0.3) is 0 Å². The van der Waals surface area contributed by atoms with Crippen LogP contribution in [0.2, 0.25) is 0 Å². The fourth-order valence-corrected chi connectivity index (χ4v) is 4.40. The Hall–Kier alpha value is -3.32. The van der Waals surface area contributed by atoms with Crippen LogP contribution in [0.1, 0.15) is 19.3 Å². The molecule has 0 aromatic heterocycles. The second-order valence-corrected chi connectivity index (χ2v) is 8.96. The molecule has 9 nitrogen and oxygen atoms in total. The standard InChI is InChI=1S/C20H20F3N3O6S/c21-20(22,23)18(27)25-12-4-7-14(8-5-12)33(29,30)16-9-6-13(26-19(24)28)11-15(16)32-17-3-1-2-10-31-17/h4-9,11,17H,1-3,10H2,(H,25,27)(H3,24,26,28). The van der Waals surface area contributed by atoms with Crippen molar-refractivity contribution in [1.82, 2.24) is 0 Å². The lowest BCUT2D eigenvalue weighted by atomic mass is 10.2. The van der Waals surface area contributed by atoms with Crippen LogP contribution >= 0.6 is 0 Å². The molecule has 4 N–H and O–H groups in total. The predicted octanol–water partition coefficient (Wildman–Crippen LogP) is 3.42. The van der Waals surface area contributed by atoms with Gasteiger partial charge in [-0.2, -0.15) is 13.2 Å². The molecule has 0 radical (unpaired) electrons. The summed E-state index contributed by atoms with van der Waals surface area (Å²) in [5, 5.41) is 3.97. The van der Waals surface area contributed by atoms with Crippen molar-refractivity contribution in [2.24, 2.45) is 5.73 Å². The van der Waals surface area contributed by atoms with Crippen LogP contribution in [0.3, 0.4) is 0 Å². The number of primary amides is 1. The lowest BCUT2D eigenvalue weighted by molar-refractivity contribution is -0.167. The lowest BCUT2D eigenvalue weighted by Crippen LogP contribution is -2.29. The molecule has 1 aliphatic rings. The van der Waals surface area contributed by atoms with Crippen LogP contribution in [0, 0.1) is 0 Å². The van der Waals surface area contributed by atoms with Crippen molar-refractivity contribution in [2.75, 3.05) is 17.2 Å². The van der Waals surface area contributed by atoms with Gasteiger partial charge in [-0.25, -0.2) is 13.2 Å². The first-order valence-corrected chi connectivity index (χ1v) is 11.2. The van der Waals surface area contributed by atoms with E-state index in [1.165, 1.54) is 18.2 Å². The third-order valence-corrected chi connectivity index (χ3v) is 6.39. The van der Waals surface area contributed by atoms with E-state index in [0.29, 0.717) is 13.0 Å². The number of nitrogens with one attached hydrogen (secondary N) is 2. The highest BCUT2D eigenvalue weighted by Gasteiger charge is 2.38. The second kappa shape index (κ2) is 9.67. The van der Waals surface area contributed by atoms with Crippen molar-refractivity contribution < 1.29 is 40.7 Å². The minimum atomic E-state index is -5.08. The molecular formula is C20H20F3N3O6S. The van der Waals surface area contributed by atoms with E-state index in [0.717, 1.165) is 37.1 Å². The Morgan fingerprint density at radius 2 is 1.70 bits per heavy atom. The largest absolute Gasteiger partial charge is 0.471 e. The van der Waals surface area contributed by atoms with E-state index in [9.17, 15) is 31.2 Å². The van der Waals surface area contributed by atoms with E-state index < -0.39 is 34.2 Å². The Bertz CT molecular complexity index is 1130. The number of anilines is 2. The van der Waals surface area contributed by atoms with Gasteiger partial charge < -0.3 is 25.8 Å². The molecule has 2 aromatic carbocycles. The summed E-state index contributed by atoms with van der Waals surface area (Å²) < 4.78 is 74.9. The Morgan fingerprint density at radius 3 is 2.27 bits per heavy atom. The number of carbonyl (C=O) groups excluding carboxylic acids is 2. The molecule has 0 aliphatic carbocycles. The van der Waals surface area contributed by atoms with Crippen molar-refractivity contribution in [3.8, 4) is 5.75 Å². The first kappa shape index (κ1) is 24.3. The summed E-state index contributed by atoms with van der Waals surface area (Å²) in [6, 6.07) is 7.11. The average Bonchev–Trinajstić information content (AvgIpc) is 2.74. The zero-order valence-electron chi connectivity index (χ0n) is 17.0. The minimum Gasteiger partial charge on any atom is -0.463 e. The van der Waals surface area contributed by atoms with Crippen molar-refractivity contribution in [2.45, 2.75) is 41.5 Å². The summed E-state index contributed by atoms with van der Waals surface area (Å²) in [7, 11) is -4.20. The van der Waals surface area contributed by atoms with Gasteiger partial charge in [0.1, 0.15) is 10.6 Å². The fourth-order valence-electron chi connectivity index (χ4n) is 3.03. The van der Waals surface area contributed by atoms with E-state index in [4.69, 9.17) is 15.2 Å². The van der Waals surface area contributed by atoms with Gasteiger partial charge in [-0.1, -0.05) is 0 Å².